The van der Waals surface area contributed by atoms with Crippen LogP contribution >= 0.6 is 0 Å². The highest BCUT2D eigenvalue weighted by Crippen LogP contribution is 2.35. The molecule has 0 bridgehead atoms. The van der Waals surface area contributed by atoms with Crippen LogP contribution in [0.15, 0.2) is 0 Å². The third kappa shape index (κ3) is 2.28. The highest BCUT2D eigenvalue weighted by atomic mass is 16.3. The molecule has 2 saturated heterocycles. The van der Waals surface area contributed by atoms with Crippen molar-refractivity contribution >= 4 is 5.91 Å². The summed E-state index contributed by atoms with van der Waals surface area (Å²) in [6.07, 6.45) is 7.87. The van der Waals surface area contributed by atoms with Gasteiger partial charge in [0, 0.05) is 19.1 Å². The van der Waals surface area contributed by atoms with Gasteiger partial charge < -0.3 is 15.3 Å². The first-order valence-corrected chi connectivity index (χ1v) is 7.47. The van der Waals surface area contributed by atoms with E-state index < -0.39 is 0 Å². The van der Waals surface area contributed by atoms with E-state index in [1.165, 1.54) is 32.1 Å². The fraction of sp³-hybridized carbons (Fsp3) is 0.929. The molecule has 18 heavy (non-hydrogen) atoms. The van der Waals surface area contributed by atoms with Gasteiger partial charge in [0.2, 0.25) is 5.91 Å². The van der Waals surface area contributed by atoms with E-state index in [1.807, 2.05) is 0 Å². The van der Waals surface area contributed by atoms with E-state index in [9.17, 15) is 9.90 Å². The standard InChI is InChI=1S/C14H24N2O2/c17-11-8-12(15-9-11)14(18)16-7-3-6-13(16)10-4-1-2-5-10/h10-13,15,17H,1-9H2. The normalized spacial score (nSPS) is 37.6. The third-order valence-electron chi connectivity index (χ3n) is 4.93. The van der Waals surface area contributed by atoms with Gasteiger partial charge in [0.15, 0.2) is 0 Å². The highest BCUT2D eigenvalue weighted by molar-refractivity contribution is 5.83. The summed E-state index contributed by atoms with van der Waals surface area (Å²) in [5.74, 6) is 0.976. The van der Waals surface area contributed by atoms with Gasteiger partial charge in [-0.15, -0.1) is 0 Å². The van der Waals surface area contributed by atoms with Crippen molar-refractivity contribution in [3.8, 4) is 0 Å². The SMILES string of the molecule is O=C(C1CC(O)CN1)N1CCCC1C1CCCC1. The number of aliphatic hydroxyl groups excluding tert-OH is 1. The average molecular weight is 252 g/mol. The van der Waals surface area contributed by atoms with E-state index in [4.69, 9.17) is 0 Å². The fourth-order valence-corrected chi connectivity index (χ4v) is 4.00. The van der Waals surface area contributed by atoms with Crippen LogP contribution in [0, 0.1) is 5.92 Å². The third-order valence-corrected chi connectivity index (χ3v) is 4.93. The van der Waals surface area contributed by atoms with E-state index >= 15 is 0 Å². The smallest absolute Gasteiger partial charge is 0.240 e. The topological polar surface area (TPSA) is 52.6 Å². The molecule has 2 N–H and O–H groups in total. The number of rotatable bonds is 2. The van der Waals surface area contributed by atoms with Gasteiger partial charge in [-0.3, -0.25) is 4.79 Å². The number of hydrogen-bond donors (Lipinski definition) is 2. The summed E-state index contributed by atoms with van der Waals surface area (Å²) in [5.41, 5.74) is 0. The Kier molecular flexibility index (Phi) is 3.57. The number of nitrogens with zero attached hydrogens (tertiary/aromatic N) is 1. The Labute approximate surface area is 109 Å². The van der Waals surface area contributed by atoms with E-state index in [2.05, 4.69) is 10.2 Å². The minimum atomic E-state index is -0.341. The van der Waals surface area contributed by atoms with Crippen molar-refractivity contribution < 1.29 is 9.90 Å². The lowest BCUT2D eigenvalue weighted by molar-refractivity contribution is -0.135. The predicted octanol–water partition coefficient (Wildman–Crippen LogP) is 0.890. The van der Waals surface area contributed by atoms with Gasteiger partial charge in [-0.25, -0.2) is 0 Å². The molecule has 102 valence electrons. The zero-order valence-corrected chi connectivity index (χ0v) is 11.0. The van der Waals surface area contributed by atoms with Gasteiger partial charge in [-0.05, 0) is 38.0 Å². The Bertz CT molecular complexity index is 315. The Morgan fingerprint density at radius 2 is 1.94 bits per heavy atom. The van der Waals surface area contributed by atoms with Gasteiger partial charge in [-0.1, -0.05) is 12.8 Å². The van der Waals surface area contributed by atoms with Crippen LogP contribution in [0.4, 0.5) is 0 Å². The van der Waals surface area contributed by atoms with Crippen molar-refractivity contribution in [3.05, 3.63) is 0 Å². The second-order valence-electron chi connectivity index (χ2n) is 6.14. The summed E-state index contributed by atoms with van der Waals surface area (Å²) in [7, 11) is 0. The number of likely N-dealkylation sites (tertiary alicyclic amines) is 1. The highest BCUT2D eigenvalue weighted by Gasteiger charge is 2.39. The molecular formula is C14H24N2O2. The number of carbonyl (C=O) groups excluding carboxylic acids is 1. The Hall–Kier alpha value is -0.610. The van der Waals surface area contributed by atoms with Crippen LogP contribution < -0.4 is 5.32 Å². The van der Waals surface area contributed by atoms with Gasteiger partial charge >= 0.3 is 0 Å². The average Bonchev–Trinajstić information content (AvgIpc) is 3.08. The monoisotopic (exact) mass is 252 g/mol. The summed E-state index contributed by atoms with van der Waals surface area (Å²) < 4.78 is 0. The van der Waals surface area contributed by atoms with Crippen LogP contribution in [0.2, 0.25) is 0 Å². The second kappa shape index (κ2) is 5.17. The molecule has 1 aliphatic carbocycles. The van der Waals surface area contributed by atoms with E-state index in [0.29, 0.717) is 19.0 Å². The Morgan fingerprint density at radius 3 is 2.61 bits per heavy atom. The number of nitrogens with one attached hydrogen (secondary N) is 1. The maximum atomic E-state index is 12.5. The molecule has 3 aliphatic rings. The first-order valence-electron chi connectivity index (χ1n) is 7.47. The van der Waals surface area contributed by atoms with E-state index in [1.54, 1.807) is 0 Å². The maximum absolute atomic E-state index is 12.5. The van der Waals surface area contributed by atoms with Crippen LogP contribution in [-0.2, 0) is 4.79 Å². The molecule has 0 radical (unpaired) electrons. The Morgan fingerprint density at radius 1 is 1.17 bits per heavy atom. The number of β-amino-alcohol motifs (C(OH)–C–C–N with tert-alkyl or cyclic N) is 1. The summed E-state index contributed by atoms with van der Waals surface area (Å²) >= 11 is 0. The lowest BCUT2D eigenvalue weighted by Gasteiger charge is -2.31. The van der Waals surface area contributed by atoms with Gasteiger partial charge in [-0.2, -0.15) is 0 Å². The lowest BCUT2D eigenvalue weighted by Crippen LogP contribution is -2.47. The van der Waals surface area contributed by atoms with Gasteiger partial charge in [0.25, 0.3) is 0 Å². The molecule has 1 saturated carbocycles. The number of aliphatic hydroxyl groups is 1. The van der Waals surface area contributed by atoms with Crippen LogP contribution in [-0.4, -0.2) is 47.2 Å². The quantitative estimate of drug-likeness (QED) is 0.767. The summed E-state index contributed by atoms with van der Waals surface area (Å²) in [6, 6.07) is 0.349. The molecule has 2 heterocycles. The van der Waals surface area contributed by atoms with Gasteiger partial charge in [0.1, 0.15) is 0 Å². The van der Waals surface area contributed by atoms with Crippen LogP contribution in [0.25, 0.3) is 0 Å². The fourth-order valence-electron chi connectivity index (χ4n) is 4.00. The Balaban J connectivity index is 1.64. The van der Waals surface area contributed by atoms with Crippen LogP contribution in [0.3, 0.4) is 0 Å². The van der Waals surface area contributed by atoms with Gasteiger partial charge in [0.05, 0.1) is 12.1 Å². The first kappa shape index (κ1) is 12.4. The van der Waals surface area contributed by atoms with Crippen molar-refractivity contribution in [3.63, 3.8) is 0 Å². The van der Waals surface area contributed by atoms with Crippen molar-refractivity contribution in [2.24, 2.45) is 5.92 Å². The van der Waals surface area contributed by atoms with Crippen molar-refractivity contribution in [2.75, 3.05) is 13.1 Å². The lowest BCUT2D eigenvalue weighted by atomic mass is 9.95. The molecular weight excluding hydrogens is 228 g/mol. The van der Waals surface area contributed by atoms with E-state index in [0.717, 1.165) is 18.9 Å². The first-order chi connectivity index (χ1) is 8.75. The molecule has 3 fully saturated rings. The summed E-state index contributed by atoms with van der Waals surface area (Å²) in [4.78, 5) is 14.6. The zero-order chi connectivity index (χ0) is 12.5. The largest absolute Gasteiger partial charge is 0.392 e. The maximum Gasteiger partial charge on any atom is 0.240 e. The predicted molar refractivity (Wildman–Crippen MR) is 69.1 cm³/mol. The molecule has 0 aromatic rings. The molecule has 0 aromatic heterocycles. The van der Waals surface area contributed by atoms with E-state index in [-0.39, 0.29) is 18.1 Å². The zero-order valence-electron chi connectivity index (χ0n) is 11.0. The summed E-state index contributed by atoms with van der Waals surface area (Å²) in [5, 5.41) is 12.7. The molecule has 3 atom stereocenters. The summed E-state index contributed by atoms with van der Waals surface area (Å²) in [6.45, 7) is 1.49. The second-order valence-corrected chi connectivity index (χ2v) is 6.14. The molecule has 2 aliphatic heterocycles. The minimum Gasteiger partial charge on any atom is -0.392 e. The van der Waals surface area contributed by atoms with Crippen molar-refractivity contribution in [1.82, 2.24) is 10.2 Å². The molecule has 0 aromatic carbocycles. The molecule has 1 amide bonds. The van der Waals surface area contributed by atoms with Crippen LogP contribution in [0.5, 0.6) is 0 Å². The van der Waals surface area contributed by atoms with Crippen molar-refractivity contribution in [1.29, 1.82) is 0 Å². The molecule has 4 nitrogen and oxygen atoms in total. The number of amides is 1. The molecule has 4 heteroatoms. The number of carbonyl (C=O) groups is 1. The molecule has 0 spiro atoms. The molecule has 3 unspecified atom stereocenters. The number of hydrogen-bond acceptors (Lipinski definition) is 3. The molecule has 3 rings (SSSR count). The minimum absolute atomic E-state index is 0.137. The van der Waals surface area contributed by atoms with Crippen molar-refractivity contribution in [2.45, 2.75) is 63.1 Å². The van der Waals surface area contributed by atoms with Crippen LogP contribution in [0.1, 0.15) is 44.9 Å².